The van der Waals surface area contributed by atoms with Crippen LogP contribution in [-0.4, -0.2) is 72.2 Å². The summed E-state index contributed by atoms with van der Waals surface area (Å²) in [6, 6.07) is 7.72. The maximum absolute atomic E-state index is 13.3. The zero-order valence-corrected chi connectivity index (χ0v) is 21.3. The molecule has 0 N–H and O–H groups in total. The maximum Gasteiger partial charge on any atom is 0.387 e. The minimum absolute atomic E-state index is 0.0578. The van der Waals surface area contributed by atoms with E-state index in [9.17, 15) is 13.6 Å². The molecule has 0 bridgehead atoms. The number of hydrogen-bond acceptors (Lipinski definition) is 7. The number of rotatable bonds is 11. The molecule has 2 saturated heterocycles. The minimum atomic E-state index is -3.07. The number of carbonyl (C=O) groups excluding carboxylic acids is 1. The normalized spacial score (nSPS) is 20.2. The van der Waals surface area contributed by atoms with Crippen molar-refractivity contribution in [3.8, 4) is 28.5 Å². The van der Waals surface area contributed by atoms with E-state index in [-0.39, 0.29) is 22.8 Å². The van der Waals surface area contributed by atoms with Crippen LogP contribution in [0.2, 0.25) is 0 Å². The van der Waals surface area contributed by atoms with Crippen LogP contribution in [0, 0.1) is 5.92 Å². The Morgan fingerprint density at radius 3 is 2.71 bits per heavy atom. The molecule has 3 fully saturated rings. The monoisotopic (exact) mass is 527 g/mol. The van der Waals surface area contributed by atoms with E-state index in [1.54, 1.807) is 12.3 Å². The number of benzene rings is 1. The average molecular weight is 528 g/mol. The van der Waals surface area contributed by atoms with Crippen molar-refractivity contribution in [1.82, 2.24) is 14.3 Å². The highest BCUT2D eigenvalue weighted by Crippen LogP contribution is 2.40. The van der Waals surface area contributed by atoms with Crippen molar-refractivity contribution in [2.75, 3.05) is 33.5 Å². The fourth-order valence-corrected chi connectivity index (χ4v) is 5.44. The van der Waals surface area contributed by atoms with E-state index >= 15 is 0 Å². The zero-order chi connectivity index (χ0) is 26.2. The number of hydrogen-bond donors (Lipinski definition) is 0. The number of imidazole rings is 1. The van der Waals surface area contributed by atoms with Gasteiger partial charge in [-0.15, -0.1) is 0 Å². The van der Waals surface area contributed by atoms with E-state index in [0.717, 1.165) is 39.0 Å². The third-order valence-electron chi connectivity index (χ3n) is 7.69. The van der Waals surface area contributed by atoms with Crippen LogP contribution in [0.5, 0.6) is 17.2 Å². The van der Waals surface area contributed by atoms with Crippen LogP contribution in [0.3, 0.4) is 0 Å². The van der Waals surface area contributed by atoms with Crippen LogP contribution < -0.4 is 14.2 Å². The van der Waals surface area contributed by atoms with Crippen molar-refractivity contribution >= 4 is 11.4 Å². The van der Waals surface area contributed by atoms with Crippen LogP contribution in [0.25, 0.3) is 16.9 Å². The molecule has 0 spiro atoms. The number of fused-ring (bicyclic) bond motifs is 1. The first-order valence-corrected chi connectivity index (χ1v) is 13.1. The number of aromatic nitrogens is 2. The molecule has 1 aromatic carbocycles. The molecule has 2 aromatic heterocycles. The molecule has 1 atom stereocenters. The van der Waals surface area contributed by atoms with Gasteiger partial charge >= 0.3 is 6.61 Å². The second-order valence-electron chi connectivity index (χ2n) is 10.3. The molecule has 1 saturated carbocycles. The summed E-state index contributed by atoms with van der Waals surface area (Å²) in [5.41, 5.74) is 1.91. The minimum Gasteiger partial charge on any atom is -0.496 e. The molecule has 2 aliphatic heterocycles. The third kappa shape index (κ3) is 5.07. The second kappa shape index (κ2) is 10.5. The van der Waals surface area contributed by atoms with Crippen molar-refractivity contribution in [2.24, 2.45) is 5.92 Å². The molecule has 1 unspecified atom stereocenters. The van der Waals surface area contributed by atoms with Crippen LogP contribution in [0.4, 0.5) is 8.78 Å². The topological polar surface area (TPSA) is 74.5 Å². The summed E-state index contributed by atoms with van der Waals surface area (Å²) in [5.74, 6) is 0.777. The Bertz CT molecular complexity index is 1320. The summed E-state index contributed by atoms with van der Waals surface area (Å²) in [7, 11) is 1.42. The number of methoxy groups -OCH3 is 1. The lowest BCUT2D eigenvalue weighted by Crippen LogP contribution is -2.52. The first-order chi connectivity index (χ1) is 18.5. The van der Waals surface area contributed by atoms with Gasteiger partial charge in [0.05, 0.1) is 38.3 Å². The van der Waals surface area contributed by atoms with Crippen molar-refractivity contribution in [3.05, 3.63) is 42.2 Å². The highest BCUT2D eigenvalue weighted by Gasteiger charge is 2.35. The van der Waals surface area contributed by atoms with E-state index in [0.29, 0.717) is 53.7 Å². The van der Waals surface area contributed by atoms with Gasteiger partial charge in [0.15, 0.2) is 5.78 Å². The summed E-state index contributed by atoms with van der Waals surface area (Å²) in [5, 5.41) is 0. The van der Waals surface area contributed by atoms with Crippen LogP contribution in [-0.2, 0) is 4.74 Å². The van der Waals surface area contributed by atoms with Gasteiger partial charge in [-0.25, -0.2) is 4.98 Å². The number of halogens is 2. The standard InChI is InChI=1S/C28H31F2N3O5/c1-35-24-10-18(11-25(38-28(29)30)27(24)23(34)9-17-4-5-17)22-13-31-26-12-21(6-8-33(22)26)37-16-19-3-2-7-32(19)20-14-36-15-20/h6,8,10-13,17,19-20,28H,2-5,7,9,14-16H2,1H3. The van der Waals surface area contributed by atoms with Crippen LogP contribution >= 0.6 is 0 Å². The number of alkyl halides is 2. The SMILES string of the molecule is COc1cc(-c2cnc3cc(OCC4CCCN4C4COC4)ccn23)cc(OC(F)F)c1C(=O)CC1CC1. The van der Waals surface area contributed by atoms with Gasteiger partial charge in [0.25, 0.3) is 0 Å². The Balaban J connectivity index is 1.25. The molecule has 4 heterocycles. The summed E-state index contributed by atoms with van der Waals surface area (Å²) >= 11 is 0. The number of Topliss-reactive ketones (excluding diaryl/α,β-unsaturated/α-hetero) is 1. The van der Waals surface area contributed by atoms with Crippen LogP contribution in [0.1, 0.15) is 42.5 Å². The fraction of sp³-hybridized carbons (Fsp3) is 0.500. The number of likely N-dealkylation sites (tertiary alicyclic amines) is 1. The number of ether oxygens (including phenoxy) is 4. The Labute approximate surface area is 219 Å². The van der Waals surface area contributed by atoms with E-state index in [1.807, 2.05) is 22.7 Å². The predicted molar refractivity (Wildman–Crippen MR) is 135 cm³/mol. The van der Waals surface area contributed by atoms with Gasteiger partial charge in [-0.3, -0.25) is 14.1 Å². The van der Waals surface area contributed by atoms with E-state index in [4.69, 9.17) is 18.9 Å². The summed E-state index contributed by atoms with van der Waals surface area (Å²) in [6.07, 6.45) is 8.00. The van der Waals surface area contributed by atoms with Crippen molar-refractivity contribution in [1.29, 1.82) is 0 Å². The van der Waals surface area contributed by atoms with E-state index in [2.05, 4.69) is 9.88 Å². The van der Waals surface area contributed by atoms with Gasteiger partial charge < -0.3 is 18.9 Å². The second-order valence-corrected chi connectivity index (χ2v) is 10.3. The molecule has 1 aliphatic carbocycles. The molecular weight excluding hydrogens is 496 g/mol. The largest absolute Gasteiger partial charge is 0.496 e. The van der Waals surface area contributed by atoms with Gasteiger partial charge in [0.1, 0.15) is 35.1 Å². The van der Waals surface area contributed by atoms with Crippen molar-refractivity contribution in [3.63, 3.8) is 0 Å². The molecule has 202 valence electrons. The molecule has 38 heavy (non-hydrogen) atoms. The van der Waals surface area contributed by atoms with E-state index in [1.165, 1.54) is 19.6 Å². The molecule has 3 aromatic rings. The van der Waals surface area contributed by atoms with Crippen LogP contribution in [0.15, 0.2) is 36.7 Å². The zero-order valence-electron chi connectivity index (χ0n) is 21.3. The first kappa shape index (κ1) is 25.1. The van der Waals surface area contributed by atoms with Gasteiger partial charge in [0, 0.05) is 30.3 Å². The van der Waals surface area contributed by atoms with Gasteiger partial charge in [-0.1, -0.05) is 0 Å². The Morgan fingerprint density at radius 1 is 1.18 bits per heavy atom. The highest BCUT2D eigenvalue weighted by molar-refractivity contribution is 6.02. The molecule has 8 nitrogen and oxygen atoms in total. The molecule has 10 heteroatoms. The molecule has 6 rings (SSSR count). The first-order valence-electron chi connectivity index (χ1n) is 13.1. The average Bonchev–Trinajstić information content (AvgIpc) is 3.39. The van der Waals surface area contributed by atoms with Crippen molar-refractivity contribution in [2.45, 2.75) is 50.8 Å². The summed E-state index contributed by atoms with van der Waals surface area (Å²) in [6.45, 7) is 0.198. The lowest BCUT2D eigenvalue weighted by atomic mass is 10.00. The number of carbonyl (C=O) groups is 1. The smallest absolute Gasteiger partial charge is 0.387 e. The summed E-state index contributed by atoms with van der Waals surface area (Å²) in [4.78, 5) is 19.9. The highest BCUT2D eigenvalue weighted by atomic mass is 19.3. The Morgan fingerprint density at radius 2 is 2.00 bits per heavy atom. The Hall–Kier alpha value is -3.24. The third-order valence-corrected chi connectivity index (χ3v) is 7.69. The number of ketones is 1. The molecule has 3 aliphatic rings. The number of pyridine rings is 1. The van der Waals surface area contributed by atoms with Gasteiger partial charge in [-0.2, -0.15) is 8.78 Å². The predicted octanol–water partition coefficient (Wildman–Crippen LogP) is 4.84. The quantitative estimate of drug-likeness (QED) is 0.331. The summed E-state index contributed by atoms with van der Waals surface area (Å²) < 4.78 is 50.2. The fourth-order valence-electron chi connectivity index (χ4n) is 5.44. The lowest BCUT2D eigenvalue weighted by molar-refractivity contribution is -0.0731. The van der Waals surface area contributed by atoms with Gasteiger partial charge in [-0.05, 0) is 56.3 Å². The molecular formula is C28H31F2N3O5. The van der Waals surface area contributed by atoms with Gasteiger partial charge in [0.2, 0.25) is 0 Å². The number of nitrogens with zero attached hydrogens (tertiary/aromatic N) is 3. The Kier molecular flexibility index (Phi) is 6.92. The maximum atomic E-state index is 13.3. The molecule has 0 radical (unpaired) electrons. The van der Waals surface area contributed by atoms with Crippen molar-refractivity contribution < 1.29 is 32.5 Å². The lowest BCUT2D eigenvalue weighted by Gasteiger charge is -2.38. The molecule has 0 amide bonds. The van der Waals surface area contributed by atoms with E-state index < -0.39 is 6.61 Å².